The number of aryl methyl sites for hydroxylation is 1. The van der Waals surface area contributed by atoms with Gasteiger partial charge in [-0.3, -0.25) is 4.79 Å². The Morgan fingerprint density at radius 1 is 1.25 bits per heavy atom. The van der Waals surface area contributed by atoms with Crippen molar-refractivity contribution in [2.24, 2.45) is 0 Å². The highest BCUT2D eigenvalue weighted by Gasteiger charge is 1.99. The number of pyridine rings is 1. The summed E-state index contributed by atoms with van der Waals surface area (Å²) in [6.07, 6.45) is 3.43. The van der Waals surface area contributed by atoms with Gasteiger partial charge in [0.1, 0.15) is 0 Å². The molecule has 16 heavy (non-hydrogen) atoms. The smallest absolute Gasteiger partial charge is 0.204 e. The van der Waals surface area contributed by atoms with E-state index in [-0.39, 0.29) is 11.1 Å². The van der Waals surface area contributed by atoms with Gasteiger partial charge in [0, 0.05) is 25.0 Å². The highest BCUT2D eigenvalue weighted by Crippen LogP contribution is 2.09. The van der Waals surface area contributed by atoms with Crippen LogP contribution in [-0.2, 0) is 6.54 Å². The van der Waals surface area contributed by atoms with Crippen molar-refractivity contribution in [2.75, 3.05) is 5.73 Å². The first-order valence-electron chi connectivity index (χ1n) is 5.17. The molecule has 0 aliphatic heterocycles. The SMILES string of the molecule is Cc1ccccc1Cn1ccc(=O)c(N)c1. The maximum absolute atomic E-state index is 11.2. The molecule has 0 aliphatic carbocycles. The van der Waals surface area contributed by atoms with E-state index >= 15 is 0 Å². The third-order valence-electron chi connectivity index (χ3n) is 2.62. The van der Waals surface area contributed by atoms with E-state index in [1.54, 1.807) is 12.4 Å². The number of rotatable bonds is 2. The number of nitrogens with zero attached hydrogens (tertiary/aromatic N) is 1. The molecular formula is C13H14N2O. The summed E-state index contributed by atoms with van der Waals surface area (Å²) >= 11 is 0. The summed E-state index contributed by atoms with van der Waals surface area (Å²) in [5, 5.41) is 0. The number of nitrogen functional groups attached to an aromatic ring is 1. The second-order valence-corrected chi connectivity index (χ2v) is 3.86. The summed E-state index contributed by atoms with van der Waals surface area (Å²) < 4.78 is 1.92. The molecule has 0 saturated heterocycles. The Morgan fingerprint density at radius 3 is 2.69 bits per heavy atom. The van der Waals surface area contributed by atoms with Gasteiger partial charge in [-0.2, -0.15) is 0 Å². The molecule has 0 radical (unpaired) electrons. The first-order chi connectivity index (χ1) is 7.66. The minimum Gasteiger partial charge on any atom is -0.394 e. The zero-order chi connectivity index (χ0) is 11.5. The van der Waals surface area contributed by atoms with Gasteiger partial charge in [-0.25, -0.2) is 0 Å². The van der Waals surface area contributed by atoms with Crippen LogP contribution in [0.25, 0.3) is 0 Å². The van der Waals surface area contributed by atoms with Gasteiger partial charge >= 0.3 is 0 Å². The second-order valence-electron chi connectivity index (χ2n) is 3.86. The Labute approximate surface area is 94.1 Å². The number of hydrogen-bond acceptors (Lipinski definition) is 2. The fourth-order valence-corrected chi connectivity index (χ4v) is 1.63. The van der Waals surface area contributed by atoms with Crippen molar-refractivity contribution >= 4 is 5.69 Å². The van der Waals surface area contributed by atoms with Gasteiger partial charge in [-0.1, -0.05) is 24.3 Å². The number of nitrogens with two attached hydrogens (primary N) is 1. The molecule has 0 atom stereocenters. The van der Waals surface area contributed by atoms with Crippen molar-refractivity contribution in [1.29, 1.82) is 0 Å². The fourth-order valence-electron chi connectivity index (χ4n) is 1.63. The average molecular weight is 214 g/mol. The zero-order valence-corrected chi connectivity index (χ0v) is 9.18. The van der Waals surface area contributed by atoms with Gasteiger partial charge < -0.3 is 10.3 Å². The molecule has 0 amide bonds. The molecule has 0 spiro atoms. The Kier molecular flexibility index (Phi) is 2.77. The molecule has 3 nitrogen and oxygen atoms in total. The quantitative estimate of drug-likeness (QED) is 0.828. The molecule has 1 aromatic carbocycles. The molecule has 2 N–H and O–H groups in total. The third kappa shape index (κ3) is 2.14. The van der Waals surface area contributed by atoms with Gasteiger partial charge in [0.05, 0.1) is 5.69 Å². The molecular weight excluding hydrogens is 200 g/mol. The average Bonchev–Trinajstić information content (AvgIpc) is 2.27. The normalized spacial score (nSPS) is 10.3. The van der Waals surface area contributed by atoms with Crippen LogP contribution in [0.5, 0.6) is 0 Å². The predicted octanol–water partition coefficient (Wildman–Crippen LogP) is 1.79. The highest BCUT2D eigenvalue weighted by atomic mass is 16.1. The van der Waals surface area contributed by atoms with E-state index in [1.807, 2.05) is 16.7 Å². The Morgan fingerprint density at radius 2 is 2.00 bits per heavy atom. The van der Waals surface area contributed by atoms with Gasteiger partial charge in [0.25, 0.3) is 0 Å². The van der Waals surface area contributed by atoms with Crippen LogP contribution in [0.3, 0.4) is 0 Å². The molecule has 82 valence electrons. The lowest BCUT2D eigenvalue weighted by Crippen LogP contribution is -2.11. The van der Waals surface area contributed by atoms with Crippen LogP contribution in [0, 0.1) is 6.92 Å². The number of anilines is 1. The largest absolute Gasteiger partial charge is 0.394 e. The first-order valence-corrected chi connectivity index (χ1v) is 5.17. The van der Waals surface area contributed by atoms with Gasteiger partial charge in [-0.15, -0.1) is 0 Å². The Balaban J connectivity index is 2.31. The molecule has 0 fully saturated rings. The molecule has 1 aromatic heterocycles. The summed E-state index contributed by atoms with van der Waals surface area (Å²) in [6, 6.07) is 9.66. The topological polar surface area (TPSA) is 48.0 Å². The summed E-state index contributed by atoms with van der Waals surface area (Å²) in [5.74, 6) is 0. The maximum Gasteiger partial charge on any atom is 0.204 e. The van der Waals surface area contributed by atoms with Crippen LogP contribution < -0.4 is 11.2 Å². The third-order valence-corrected chi connectivity index (χ3v) is 2.62. The van der Waals surface area contributed by atoms with Crippen molar-refractivity contribution in [3.63, 3.8) is 0 Å². The van der Waals surface area contributed by atoms with E-state index in [1.165, 1.54) is 17.2 Å². The van der Waals surface area contributed by atoms with E-state index in [9.17, 15) is 4.79 Å². The molecule has 0 saturated carbocycles. The summed E-state index contributed by atoms with van der Waals surface area (Å²) in [7, 11) is 0. The predicted molar refractivity (Wildman–Crippen MR) is 65.4 cm³/mol. The number of hydrogen-bond donors (Lipinski definition) is 1. The van der Waals surface area contributed by atoms with Gasteiger partial charge in [0.2, 0.25) is 5.43 Å². The van der Waals surface area contributed by atoms with Crippen LogP contribution in [0.2, 0.25) is 0 Å². The lowest BCUT2D eigenvalue weighted by molar-refractivity contribution is 0.786. The van der Waals surface area contributed by atoms with Crippen molar-refractivity contribution in [2.45, 2.75) is 13.5 Å². The number of aromatic nitrogens is 1. The second kappa shape index (κ2) is 4.23. The highest BCUT2D eigenvalue weighted by molar-refractivity contribution is 5.34. The minimum atomic E-state index is -0.124. The lowest BCUT2D eigenvalue weighted by Gasteiger charge is -2.09. The van der Waals surface area contributed by atoms with Gasteiger partial charge in [-0.05, 0) is 18.1 Å². The lowest BCUT2D eigenvalue weighted by atomic mass is 10.1. The van der Waals surface area contributed by atoms with Crippen LogP contribution in [0.15, 0.2) is 47.5 Å². The van der Waals surface area contributed by atoms with Crippen LogP contribution >= 0.6 is 0 Å². The van der Waals surface area contributed by atoms with E-state index < -0.39 is 0 Å². The Hall–Kier alpha value is -2.03. The number of benzene rings is 1. The molecule has 0 unspecified atom stereocenters. The zero-order valence-electron chi connectivity index (χ0n) is 9.18. The molecule has 2 rings (SSSR count). The molecule has 0 bridgehead atoms. The Bertz CT molecular complexity index is 558. The summed E-state index contributed by atoms with van der Waals surface area (Å²) in [4.78, 5) is 11.2. The van der Waals surface area contributed by atoms with Gasteiger partial charge in [0.15, 0.2) is 0 Å². The van der Waals surface area contributed by atoms with E-state index in [4.69, 9.17) is 5.73 Å². The van der Waals surface area contributed by atoms with Crippen molar-refractivity contribution in [3.8, 4) is 0 Å². The van der Waals surface area contributed by atoms with Crippen LogP contribution in [0.1, 0.15) is 11.1 Å². The van der Waals surface area contributed by atoms with Crippen LogP contribution in [-0.4, -0.2) is 4.57 Å². The van der Waals surface area contributed by atoms with Crippen LogP contribution in [0.4, 0.5) is 5.69 Å². The minimum absolute atomic E-state index is 0.124. The molecule has 2 aromatic rings. The molecule has 0 aliphatic rings. The molecule has 3 heteroatoms. The maximum atomic E-state index is 11.2. The van der Waals surface area contributed by atoms with E-state index in [0.717, 1.165) is 6.54 Å². The molecule has 1 heterocycles. The van der Waals surface area contributed by atoms with E-state index in [0.29, 0.717) is 0 Å². The monoisotopic (exact) mass is 214 g/mol. The summed E-state index contributed by atoms with van der Waals surface area (Å²) in [6.45, 7) is 2.80. The van der Waals surface area contributed by atoms with Crippen molar-refractivity contribution in [3.05, 3.63) is 64.1 Å². The fraction of sp³-hybridized carbons (Fsp3) is 0.154. The van der Waals surface area contributed by atoms with Crippen molar-refractivity contribution in [1.82, 2.24) is 4.57 Å². The summed E-state index contributed by atoms with van der Waals surface area (Å²) in [5.41, 5.74) is 8.21. The van der Waals surface area contributed by atoms with Crippen molar-refractivity contribution < 1.29 is 0 Å². The van der Waals surface area contributed by atoms with E-state index in [2.05, 4.69) is 19.1 Å². The standard InChI is InChI=1S/C13H14N2O/c1-10-4-2-3-5-11(10)8-15-7-6-13(16)12(14)9-15/h2-7,9H,8,14H2,1H3. The first kappa shape index (κ1) is 10.5.